The van der Waals surface area contributed by atoms with Crippen LogP contribution in [0.3, 0.4) is 0 Å². The van der Waals surface area contributed by atoms with Gasteiger partial charge in [0, 0.05) is 0 Å². The van der Waals surface area contributed by atoms with Gasteiger partial charge in [-0.2, -0.15) is 0 Å². The van der Waals surface area contributed by atoms with Gasteiger partial charge in [0.1, 0.15) is 5.72 Å². The van der Waals surface area contributed by atoms with Gasteiger partial charge in [0.2, 0.25) is 10.0 Å². The summed E-state index contributed by atoms with van der Waals surface area (Å²) in [5, 5.41) is 9.51. The second-order valence-corrected chi connectivity index (χ2v) is 6.68. The fourth-order valence-corrected chi connectivity index (χ4v) is 1.85. The molecule has 0 saturated heterocycles. The second-order valence-electron chi connectivity index (χ2n) is 3.67. The zero-order valence-corrected chi connectivity index (χ0v) is 11.3. The molecule has 0 radical (unpaired) electrons. The van der Waals surface area contributed by atoms with Crippen LogP contribution >= 0.6 is 16.1 Å². The summed E-state index contributed by atoms with van der Waals surface area (Å²) in [6.07, 6.45) is 1.08. The van der Waals surface area contributed by atoms with Crippen LogP contribution in [0.1, 0.15) is 12.5 Å². The van der Waals surface area contributed by atoms with Crippen LogP contribution in [0, 0.1) is 0 Å². The van der Waals surface area contributed by atoms with E-state index in [0.717, 1.165) is 9.59 Å². The van der Waals surface area contributed by atoms with Gasteiger partial charge in [-0.1, -0.05) is 12.1 Å². The molecule has 7 heteroatoms. The highest BCUT2D eigenvalue weighted by Gasteiger charge is 2.18. The van der Waals surface area contributed by atoms with Crippen molar-refractivity contribution >= 4 is 31.9 Å². The third kappa shape index (κ3) is 3.18. The Morgan fingerprint density at radius 2 is 1.81 bits per heavy atom. The molecule has 0 aliphatic carbocycles. The lowest BCUT2D eigenvalue weighted by Gasteiger charge is -2.19. The SMILES string of the molecule is CC(N)(O)c1ccc(N(Br)S(C)(=O)=O)cc1. The van der Waals surface area contributed by atoms with Crippen LogP contribution in [0.4, 0.5) is 5.69 Å². The quantitative estimate of drug-likeness (QED) is 0.641. The van der Waals surface area contributed by atoms with E-state index in [1.54, 1.807) is 24.3 Å². The molecule has 0 aromatic heterocycles. The van der Waals surface area contributed by atoms with E-state index in [-0.39, 0.29) is 0 Å². The van der Waals surface area contributed by atoms with Crippen molar-refractivity contribution in [2.45, 2.75) is 12.6 Å². The number of sulfonamides is 1. The first-order chi connectivity index (χ1) is 7.12. The Kier molecular flexibility index (Phi) is 3.63. The van der Waals surface area contributed by atoms with E-state index in [0.29, 0.717) is 11.3 Å². The molecule has 0 spiro atoms. The Morgan fingerprint density at radius 1 is 1.38 bits per heavy atom. The third-order valence-electron chi connectivity index (χ3n) is 1.95. The van der Waals surface area contributed by atoms with Crippen LogP contribution in [0.25, 0.3) is 0 Å². The highest BCUT2D eigenvalue weighted by molar-refractivity contribution is 9.11. The van der Waals surface area contributed by atoms with Crippen molar-refractivity contribution in [3.05, 3.63) is 29.8 Å². The molecule has 1 aromatic carbocycles. The first kappa shape index (κ1) is 13.4. The van der Waals surface area contributed by atoms with Crippen molar-refractivity contribution in [2.75, 3.05) is 9.59 Å². The number of anilines is 1. The van der Waals surface area contributed by atoms with Crippen molar-refractivity contribution in [1.82, 2.24) is 0 Å². The Bertz CT molecular complexity index is 465. The van der Waals surface area contributed by atoms with Crippen LogP contribution in [0.2, 0.25) is 0 Å². The second kappa shape index (κ2) is 4.33. The highest BCUT2D eigenvalue weighted by atomic mass is 79.9. The van der Waals surface area contributed by atoms with E-state index in [1.165, 1.54) is 6.92 Å². The summed E-state index contributed by atoms with van der Waals surface area (Å²) in [6, 6.07) is 6.22. The van der Waals surface area contributed by atoms with E-state index in [1.807, 2.05) is 0 Å². The average molecular weight is 309 g/mol. The lowest BCUT2D eigenvalue weighted by Crippen LogP contribution is -2.32. The number of aliphatic hydroxyl groups is 1. The predicted octanol–water partition coefficient (Wildman–Crippen LogP) is 0.886. The Morgan fingerprint density at radius 3 is 2.12 bits per heavy atom. The fourth-order valence-electron chi connectivity index (χ4n) is 1.11. The molecular weight excluding hydrogens is 296 g/mol. The van der Waals surface area contributed by atoms with Crippen molar-refractivity contribution < 1.29 is 13.5 Å². The Labute approximate surface area is 103 Å². The zero-order chi connectivity index (χ0) is 12.6. The minimum Gasteiger partial charge on any atom is -0.372 e. The molecule has 0 heterocycles. The maximum atomic E-state index is 11.2. The lowest BCUT2D eigenvalue weighted by atomic mass is 10.1. The van der Waals surface area contributed by atoms with Gasteiger partial charge >= 0.3 is 0 Å². The van der Waals surface area contributed by atoms with Gasteiger partial charge in [-0.05, 0) is 24.6 Å². The molecule has 0 bridgehead atoms. The molecule has 1 rings (SSSR count). The summed E-state index contributed by atoms with van der Waals surface area (Å²) >= 11 is 2.93. The molecule has 1 atom stereocenters. The molecule has 0 fully saturated rings. The van der Waals surface area contributed by atoms with E-state index < -0.39 is 15.7 Å². The molecule has 90 valence electrons. The van der Waals surface area contributed by atoms with Gasteiger partial charge in [0.15, 0.2) is 0 Å². The number of rotatable bonds is 3. The monoisotopic (exact) mass is 308 g/mol. The van der Waals surface area contributed by atoms with Gasteiger partial charge in [-0.3, -0.25) is 0 Å². The van der Waals surface area contributed by atoms with Crippen LogP contribution in [0.5, 0.6) is 0 Å². The number of hydrogen-bond donors (Lipinski definition) is 2. The summed E-state index contributed by atoms with van der Waals surface area (Å²) in [4.78, 5) is 0. The normalized spacial score (nSPS) is 15.6. The van der Waals surface area contributed by atoms with Gasteiger partial charge in [0.25, 0.3) is 0 Å². The summed E-state index contributed by atoms with van der Waals surface area (Å²) in [5.41, 5.74) is 5.00. The van der Waals surface area contributed by atoms with Crippen LogP contribution in [-0.2, 0) is 15.7 Å². The maximum Gasteiger partial charge on any atom is 0.241 e. The molecule has 3 N–H and O–H groups in total. The van der Waals surface area contributed by atoms with Crippen LogP contribution in [-0.4, -0.2) is 19.8 Å². The average Bonchev–Trinajstić information content (AvgIpc) is 2.14. The first-order valence-corrected chi connectivity index (χ1v) is 6.96. The zero-order valence-electron chi connectivity index (χ0n) is 8.88. The fraction of sp³-hybridized carbons (Fsp3) is 0.333. The largest absolute Gasteiger partial charge is 0.372 e. The summed E-state index contributed by atoms with van der Waals surface area (Å²) in [6.45, 7) is 1.45. The standard InChI is InChI=1S/C9H13BrN2O3S/c1-9(11,13)7-3-5-8(6-4-7)12(10)16(2,14)15/h3-6,13H,11H2,1-2H3. The van der Waals surface area contributed by atoms with Crippen molar-refractivity contribution in [3.63, 3.8) is 0 Å². The number of benzene rings is 1. The van der Waals surface area contributed by atoms with E-state index in [9.17, 15) is 13.5 Å². The topological polar surface area (TPSA) is 83.6 Å². The predicted molar refractivity (Wildman–Crippen MR) is 66.5 cm³/mol. The minimum atomic E-state index is -3.35. The molecule has 0 amide bonds. The Balaban J connectivity index is 3.05. The van der Waals surface area contributed by atoms with Crippen LogP contribution < -0.4 is 9.06 Å². The van der Waals surface area contributed by atoms with Crippen molar-refractivity contribution in [2.24, 2.45) is 5.73 Å². The maximum absolute atomic E-state index is 11.2. The van der Waals surface area contributed by atoms with Crippen molar-refractivity contribution in [3.8, 4) is 0 Å². The molecule has 0 aliphatic heterocycles. The van der Waals surface area contributed by atoms with Gasteiger partial charge in [0.05, 0.1) is 28.1 Å². The van der Waals surface area contributed by atoms with Crippen molar-refractivity contribution in [1.29, 1.82) is 0 Å². The summed E-state index contributed by atoms with van der Waals surface area (Å²) < 4.78 is 23.4. The summed E-state index contributed by atoms with van der Waals surface area (Å²) in [7, 11) is -3.35. The molecule has 1 aromatic rings. The molecule has 5 nitrogen and oxygen atoms in total. The van der Waals surface area contributed by atoms with E-state index in [4.69, 9.17) is 5.73 Å². The molecular formula is C9H13BrN2O3S. The molecule has 0 saturated carbocycles. The highest BCUT2D eigenvalue weighted by Crippen LogP contribution is 2.24. The first-order valence-electron chi connectivity index (χ1n) is 4.40. The number of nitrogens with two attached hydrogens (primary N) is 1. The van der Waals surface area contributed by atoms with E-state index in [2.05, 4.69) is 16.1 Å². The van der Waals surface area contributed by atoms with Crippen LogP contribution in [0.15, 0.2) is 24.3 Å². The third-order valence-corrected chi connectivity index (χ3v) is 4.73. The molecule has 1 unspecified atom stereocenters. The smallest absolute Gasteiger partial charge is 0.241 e. The van der Waals surface area contributed by atoms with Gasteiger partial charge in [-0.25, -0.2) is 11.7 Å². The van der Waals surface area contributed by atoms with Gasteiger partial charge in [-0.15, -0.1) is 0 Å². The number of halogens is 1. The number of nitrogens with zero attached hydrogens (tertiary/aromatic N) is 1. The van der Waals surface area contributed by atoms with E-state index >= 15 is 0 Å². The summed E-state index contributed by atoms with van der Waals surface area (Å²) in [5.74, 6) is 0. The Hall–Kier alpha value is -0.630. The van der Waals surface area contributed by atoms with Gasteiger partial charge < -0.3 is 10.8 Å². The number of hydrogen-bond acceptors (Lipinski definition) is 4. The molecule has 0 aliphatic rings. The molecule has 16 heavy (non-hydrogen) atoms. The lowest BCUT2D eigenvalue weighted by molar-refractivity contribution is 0.0647. The minimum absolute atomic E-state index is 0.440.